The van der Waals surface area contributed by atoms with Crippen molar-refractivity contribution in [3.63, 3.8) is 0 Å². The van der Waals surface area contributed by atoms with Crippen LogP contribution in [0, 0.1) is 13.8 Å². The lowest BCUT2D eigenvalue weighted by molar-refractivity contribution is -0.122. The number of aromatic amines is 1. The Morgan fingerprint density at radius 1 is 1.28 bits per heavy atom. The van der Waals surface area contributed by atoms with Crippen molar-refractivity contribution in [2.24, 2.45) is 0 Å². The van der Waals surface area contributed by atoms with Gasteiger partial charge in [-0.1, -0.05) is 12.1 Å². The molecule has 1 atom stereocenters. The molecule has 2 heterocycles. The van der Waals surface area contributed by atoms with Gasteiger partial charge in [0.2, 0.25) is 5.91 Å². The molecule has 0 spiro atoms. The molecule has 0 radical (unpaired) electrons. The van der Waals surface area contributed by atoms with Gasteiger partial charge in [-0.05, 0) is 39.0 Å². The monoisotopic (exact) mass is 338 g/mol. The first-order chi connectivity index (χ1) is 11.9. The van der Waals surface area contributed by atoms with Gasteiger partial charge in [0.05, 0.1) is 11.2 Å². The van der Waals surface area contributed by atoms with Crippen LogP contribution in [0.5, 0.6) is 0 Å². The second kappa shape index (κ2) is 6.93. The lowest BCUT2D eigenvalue weighted by Gasteiger charge is -2.17. The summed E-state index contributed by atoms with van der Waals surface area (Å²) in [5.41, 5.74) is 3.46. The summed E-state index contributed by atoms with van der Waals surface area (Å²) in [6, 6.07) is 10.9. The molecule has 0 aliphatic heterocycles. The molecule has 6 heteroatoms. The average Bonchev–Trinajstić information content (AvgIpc) is 2.96. The van der Waals surface area contributed by atoms with Crippen molar-refractivity contribution in [3.05, 3.63) is 63.7 Å². The van der Waals surface area contributed by atoms with Crippen molar-refractivity contribution in [1.82, 2.24) is 20.1 Å². The largest absolute Gasteiger partial charge is 0.352 e. The van der Waals surface area contributed by atoms with Gasteiger partial charge in [0.1, 0.15) is 6.54 Å². The van der Waals surface area contributed by atoms with Gasteiger partial charge in [-0.2, -0.15) is 5.10 Å². The van der Waals surface area contributed by atoms with E-state index in [1.807, 2.05) is 49.6 Å². The number of carbonyl (C=O) groups excluding carboxylic acids is 1. The number of hydrogen-bond acceptors (Lipinski definition) is 3. The van der Waals surface area contributed by atoms with Crippen molar-refractivity contribution in [1.29, 1.82) is 0 Å². The molecule has 0 aliphatic rings. The lowest BCUT2D eigenvalue weighted by atomic mass is 10.1. The quantitative estimate of drug-likeness (QED) is 0.747. The Bertz CT molecular complexity index is 971. The Hall–Kier alpha value is -2.89. The summed E-state index contributed by atoms with van der Waals surface area (Å²) >= 11 is 0. The van der Waals surface area contributed by atoms with Crippen LogP contribution in [-0.2, 0) is 17.8 Å². The van der Waals surface area contributed by atoms with E-state index in [4.69, 9.17) is 0 Å². The molecule has 0 fully saturated rings. The molecule has 3 rings (SSSR count). The highest BCUT2D eigenvalue weighted by molar-refractivity contribution is 5.82. The summed E-state index contributed by atoms with van der Waals surface area (Å²) in [6.07, 6.45) is 0.667. The number of nitrogens with zero attached hydrogens (tertiary/aromatic N) is 2. The summed E-state index contributed by atoms with van der Waals surface area (Å²) < 4.78 is 1.87. The molecule has 0 saturated carbocycles. The molecule has 130 valence electrons. The van der Waals surface area contributed by atoms with Crippen molar-refractivity contribution in [3.8, 4) is 0 Å². The van der Waals surface area contributed by atoms with Crippen molar-refractivity contribution >= 4 is 16.8 Å². The van der Waals surface area contributed by atoms with Gasteiger partial charge < -0.3 is 9.88 Å². The zero-order valence-corrected chi connectivity index (χ0v) is 14.7. The predicted octanol–water partition coefficient (Wildman–Crippen LogP) is 2.09. The van der Waals surface area contributed by atoms with Crippen molar-refractivity contribution in [2.45, 2.75) is 39.8 Å². The third-order valence-electron chi connectivity index (χ3n) is 4.21. The fourth-order valence-electron chi connectivity index (χ4n) is 3.07. The molecule has 3 aromatic rings. The summed E-state index contributed by atoms with van der Waals surface area (Å²) in [5, 5.41) is 10.7. The minimum absolute atomic E-state index is 0.0213. The standard InChI is InChI=1S/C19H22N4O2/c1-12(8-15-9-13(2)21-22-15)20-19(25)11-23-14(3)10-18(24)16-6-4-5-7-17(16)23/h4-7,9-10,12H,8,11H2,1-3H3,(H,20,25)(H,21,22)/t12-/m0/s1. The first kappa shape index (κ1) is 17.0. The Morgan fingerprint density at radius 3 is 2.76 bits per heavy atom. The number of amides is 1. The van der Waals surface area contributed by atoms with Crippen LogP contribution < -0.4 is 10.7 Å². The first-order valence-electron chi connectivity index (χ1n) is 8.33. The number of H-pyrrole nitrogens is 1. The Kier molecular flexibility index (Phi) is 4.70. The molecule has 25 heavy (non-hydrogen) atoms. The molecule has 0 saturated heterocycles. The zero-order valence-electron chi connectivity index (χ0n) is 14.7. The van der Waals surface area contributed by atoms with Gasteiger partial charge in [0, 0.05) is 35.3 Å². The van der Waals surface area contributed by atoms with Crippen LogP contribution in [0.1, 0.15) is 24.0 Å². The maximum Gasteiger partial charge on any atom is 0.240 e. The molecule has 1 amide bonds. The van der Waals surface area contributed by atoms with E-state index in [-0.39, 0.29) is 23.9 Å². The number of fused-ring (bicyclic) bond motifs is 1. The van der Waals surface area contributed by atoms with E-state index in [2.05, 4.69) is 15.5 Å². The number of hydrogen-bond donors (Lipinski definition) is 2. The highest BCUT2D eigenvalue weighted by Gasteiger charge is 2.13. The average molecular weight is 338 g/mol. The molecular formula is C19H22N4O2. The Labute approximate surface area is 145 Å². The number of pyridine rings is 1. The number of benzene rings is 1. The highest BCUT2D eigenvalue weighted by Crippen LogP contribution is 2.12. The number of rotatable bonds is 5. The maximum absolute atomic E-state index is 12.5. The summed E-state index contributed by atoms with van der Waals surface area (Å²) in [5.74, 6) is -0.0864. The van der Waals surface area contributed by atoms with Crippen LogP contribution in [-0.4, -0.2) is 26.7 Å². The zero-order chi connectivity index (χ0) is 18.0. The van der Waals surface area contributed by atoms with Crippen LogP contribution in [0.3, 0.4) is 0 Å². The number of nitrogens with one attached hydrogen (secondary N) is 2. The van der Waals surface area contributed by atoms with Crippen LogP contribution >= 0.6 is 0 Å². The van der Waals surface area contributed by atoms with Gasteiger partial charge in [0.15, 0.2) is 5.43 Å². The van der Waals surface area contributed by atoms with E-state index in [0.29, 0.717) is 11.8 Å². The summed E-state index contributed by atoms with van der Waals surface area (Å²) in [6.45, 7) is 5.93. The Balaban J connectivity index is 1.75. The SMILES string of the molecule is Cc1cc(C[C@H](C)NC(=O)Cn2c(C)cc(=O)c3ccccc32)n[nH]1. The normalized spacial score (nSPS) is 12.3. The van der Waals surface area contributed by atoms with Gasteiger partial charge in [-0.3, -0.25) is 14.7 Å². The van der Waals surface area contributed by atoms with Gasteiger partial charge >= 0.3 is 0 Å². The molecular weight excluding hydrogens is 316 g/mol. The third-order valence-corrected chi connectivity index (χ3v) is 4.21. The fourth-order valence-corrected chi connectivity index (χ4v) is 3.07. The van der Waals surface area contributed by atoms with E-state index >= 15 is 0 Å². The van der Waals surface area contributed by atoms with Crippen LogP contribution in [0.15, 0.2) is 41.2 Å². The molecule has 2 N–H and O–H groups in total. The number of aryl methyl sites for hydroxylation is 2. The summed E-state index contributed by atoms with van der Waals surface area (Å²) in [4.78, 5) is 24.6. The van der Waals surface area contributed by atoms with Crippen LogP contribution in [0.4, 0.5) is 0 Å². The van der Waals surface area contributed by atoms with E-state index in [9.17, 15) is 9.59 Å². The topological polar surface area (TPSA) is 79.8 Å². The lowest BCUT2D eigenvalue weighted by Crippen LogP contribution is -2.37. The van der Waals surface area contributed by atoms with Crippen LogP contribution in [0.2, 0.25) is 0 Å². The van der Waals surface area contributed by atoms with Crippen LogP contribution in [0.25, 0.3) is 10.9 Å². The van der Waals surface area contributed by atoms with Gasteiger partial charge in [0.25, 0.3) is 0 Å². The van der Waals surface area contributed by atoms with E-state index < -0.39 is 0 Å². The third kappa shape index (κ3) is 3.79. The van der Waals surface area contributed by atoms with Crippen molar-refractivity contribution in [2.75, 3.05) is 0 Å². The second-order valence-electron chi connectivity index (χ2n) is 6.47. The van der Waals surface area contributed by atoms with E-state index in [1.54, 1.807) is 12.1 Å². The Morgan fingerprint density at radius 2 is 2.04 bits per heavy atom. The van der Waals surface area contributed by atoms with Crippen molar-refractivity contribution < 1.29 is 4.79 Å². The summed E-state index contributed by atoms with van der Waals surface area (Å²) in [7, 11) is 0. The molecule has 2 aromatic heterocycles. The number of carbonyl (C=O) groups is 1. The van der Waals surface area contributed by atoms with E-state index in [0.717, 1.165) is 22.6 Å². The minimum atomic E-state index is -0.0864. The molecule has 6 nitrogen and oxygen atoms in total. The highest BCUT2D eigenvalue weighted by atomic mass is 16.2. The second-order valence-corrected chi connectivity index (χ2v) is 6.47. The predicted molar refractivity (Wildman–Crippen MR) is 97.6 cm³/mol. The number of aromatic nitrogens is 3. The minimum Gasteiger partial charge on any atom is -0.352 e. The fraction of sp³-hybridized carbons (Fsp3) is 0.316. The molecule has 0 aliphatic carbocycles. The molecule has 1 aromatic carbocycles. The smallest absolute Gasteiger partial charge is 0.240 e. The maximum atomic E-state index is 12.5. The van der Waals surface area contributed by atoms with E-state index in [1.165, 1.54) is 0 Å². The van der Waals surface area contributed by atoms with Gasteiger partial charge in [-0.25, -0.2) is 0 Å². The first-order valence-corrected chi connectivity index (χ1v) is 8.33. The number of para-hydroxylation sites is 1. The molecule has 0 unspecified atom stereocenters. The van der Waals surface area contributed by atoms with Gasteiger partial charge in [-0.15, -0.1) is 0 Å². The molecule has 0 bridgehead atoms.